The number of ether oxygens (including phenoxy) is 1. The Morgan fingerprint density at radius 2 is 2.00 bits per heavy atom. The summed E-state index contributed by atoms with van der Waals surface area (Å²) in [6.45, 7) is 1.95. The number of oxazole rings is 1. The molecule has 1 atom stereocenters. The van der Waals surface area contributed by atoms with Crippen molar-refractivity contribution in [1.29, 1.82) is 0 Å². The highest BCUT2D eigenvalue weighted by Crippen LogP contribution is 2.34. The minimum atomic E-state index is -0.413. The van der Waals surface area contributed by atoms with E-state index in [0.717, 1.165) is 46.2 Å². The topological polar surface area (TPSA) is 140 Å². The summed E-state index contributed by atoms with van der Waals surface area (Å²) in [5.74, 6) is 1.01. The number of nitrogens with one attached hydrogen (secondary N) is 2. The molecule has 6 rings (SSSR count). The molecular formula is C32H31N7O4. The first kappa shape index (κ1) is 27.8. The number of unbranched alkanes of at least 4 members (excludes halogenated alkanes) is 2. The van der Waals surface area contributed by atoms with Gasteiger partial charge in [0.1, 0.15) is 17.8 Å². The first-order valence-corrected chi connectivity index (χ1v) is 14.2. The normalized spacial score (nSPS) is 12.0. The zero-order chi connectivity index (χ0) is 29.8. The summed E-state index contributed by atoms with van der Waals surface area (Å²) in [6.07, 6.45) is 9.59. The van der Waals surface area contributed by atoms with Crippen LogP contribution >= 0.6 is 0 Å². The molecule has 218 valence electrons. The van der Waals surface area contributed by atoms with Gasteiger partial charge in [0.05, 0.1) is 42.3 Å². The first-order valence-electron chi connectivity index (χ1n) is 14.2. The van der Waals surface area contributed by atoms with Gasteiger partial charge in [0.15, 0.2) is 5.69 Å². The van der Waals surface area contributed by atoms with E-state index in [-0.39, 0.29) is 17.6 Å². The average molecular weight is 578 g/mol. The predicted octanol–water partition coefficient (Wildman–Crippen LogP) is 5.88. The highest BCUT2D eigenvalue weighted by molar-refractivity contribution is 5.94. The van der Waals surface area contributed by atoms with Gasteiger partial charge >= 0.3 is 0 Å². The molecule has 0 saturated heterocycles. The lowest BCUT2D eigenvalue weighted by molar-refractivity contribution is 0.0926. The summed E-state index contributed by atoms with van der Waals surface area (Å²) in [5, 5.41) is 8.52. The van der Waals surface area contributed by atoms with Crippen molar-refractivity contribution in [1.82, 2.24) is 34.9 Å². The second-order valence-electron chi connectivity index (χ2n) is 10.4. The Kier molecular flexibility index (Phi) is 7.94. The van der Waals surface area contributed by atoms with Gasteiger partial charge < -0.3 is 19.5 Å². The highest BCUT2D eigenvalue weighted by Gasteiger charge is 2.22. The van der Waals surface area contributed by atoms with E-state index in [1.54, 1.807) is 30.1 Å². The molecule has 0 spiro atoms. The van der Waals surface area contributed by atoms with Crippen LogP contribution in [-0.4, -0.2) is 48.4 Å². The number of Topliss-reactive ketones (excluding diaryl/α,β-unsaturated/α-hetero) is 1. The predicted molar refractivity (Wildman–Crippen MR) is 160 cm³/mol. The molecule has 6 aromatic rings. The number of H-pyrrole nitrogens is 1. The molecule has 0 fully saturated rings. The summed E-state index contributed by atoms with van der Waals surface area (Å²) in [7, 11) is 1.63. The number of carbonyl (C=O) groups excluding carboxylic acids is 2. The monoisotopic (exact) mass is 577 g/mol. The third kappa shape index (κ3) is 6.15. The van der Waals surface area contributed by atoms with Crippen molar-refractivity contribution in [2.45, 2.75) is 45.1 Å². The lowest BCUT2D eigenvalue weighted by Crippen LogP contribution is -2.29. The Hall–Kier alpha value is -5.32. The molecule has 5 aromatic heterocycles. The van der Waals surface area contributed by atoms with Gasteiger partial charge in [0.25, 0.3) is 11.8 Å². The first-order chi connectivity index (χ1) is 21.0. The average Bonchev–Trinajstić information content (AvgIpc) is 3.80. The summed E-state index contributed by atoms with van der Waals surface area (Å²) < 4.78 is 12.5. The van der Waals surface area contributed by atoms with Crippen LogP contribution in [0.25, 0.3) is 27.7 Å². The number of pyridine rings is 2. The lowest BCUT2D eigenvalue weighted by atomic mass is 10.0. The largest absolute Gasteiger partial charge is 0.496 e. The Labute approximate surface area is 247 Å². The maximum atomic E-state index is 13.3. The number of rotatable bonds is 12. The van der Waals surface area contributed by atoms with Crippen LogP contribution < -0.4 is 10.1 Å². The van der Waals surface area contributed by atoms with Gasteiger partial charge in [0.2, 0.25) is 5.78 Å². The minimum Gasteiger partial charge on any atom is -0.496 e. The summed E-state index contributed by atoms with van der Waals surface area (Å²) >= 11 is 0. The molecule has 1 amide bonds. The van der Waals surface area contributed by atoms with Gasteiger partial charge in [-0.1, -0.05) is 25.0 Å². The van der Waals surface area contributed by atoms with E-state index in [4.69, 9.17) is 9.15 Å². The number of benzene rings is 1. The van der Waals surface area contributed by atoms with Crippen LogP contribution in [0, 0.1) is 6.92 Å². The number of aromatic nitrogens is 6. The summed E-state index contributed by atoms with van der Waals surface area (Å²) in [6, 6.07) is 14.9. The number of aromatic amines is 1. The van der Waals surface area contributed by atoms with E-state index in [2.05, 4.69) is 30.4 Å². The van der Waals surface area contributed by atoms with Crippen LogP contribution in [0.3, 0.4) is 0 Å². The lowest BCUT2D eigenvalue weighted by Gasteiger charge is -2.16. The molecule has 0 radical (unpaired) electrons. The summed E-state index contributed by atoms with van der Waals surface area (Å²) in [5.41, 5.74) is 4.52. The van der Waals surface area contributed by atoms with E-state index in [9.17, 15) is 9.59 Å². The maximum Gasteiger partial charge on any atom is 0.272 e. The number of hydrogen-bond acceptors (Lipinski definition) is 8. The SMILES string of the molecule is COc1cc2nc(C)ccc2cc1-c1cnc([C@H](CCCCCC(=O)c2ncco2)NC(=O)c2cc3ccccn3n2)[nH]1. The number of imidazole rings is 1. The fourth-order valence-electron chi connectivity index (χ4n) is 5.12. The van der Waals surface area contributed by atoms with E-state index in [0.29, 0.717) is 36.5 Å². The van der Waals surface area contributed by atoms with Crippen molar-refractivity contribution in [3.05, 3.63) is 96.5 Å². The van der Waals surface area contributed by atoms with Crippen molar-refractivity contribution in [2.75, 3.05) is 7.11 Å². The van der Waals surface area contributed by atoms with Gasteiger partial charge in [-0.2, -0.15) is 5.10 Å². The Balaban J connectivity index is 1.21. The number of hydrogen-bond donors (Lipinski definition) is 2. The quantitative estimate of drug-likeness (QED) is 0.136. The van der Waals surface area contributed by atoms with E-state index in [1.807, 2.05) is 49.4 Å². The Bertz CT molecular complexity index is 1860. The van der Waals surface area contributed by atoms with Crippen molar-refractivity contribution in [2.24, 2.45) is 0 Å². The number of fused-ring (bicyclic) bond motifs is 2. The minimum absolute atomic E-state index is 0.118. The smallest absolute Gasteiger partial charge is 0.272 e. The standard InChI is InChI=1S/C32H31N7O4/c1-20-11-12-21-16-23(29(42-2)18-25(21)35-20)27-19-34-30(36-27)24(9-4-3-5-10-28(40)32-33-13-15-43-32)37-31(41)26-17-22-8-6-7-14-39(22)38-26/h6-8,11-19,24H,3-5,9-10H2,1-2H3,(H,34,36)(H,37,41)/t24-/m0/s1. The van der Waals surface area contributed by atoms with Crippen molar-refractivity contribution < 1.29 is 18.7 Å². The molecule has 2 N–H and O–H groups in total. The fourth-order valence-corrected chi connectivity index (χ4v) is 5.12. The molecule has 11 nitrogen and oxygen atoms in total. The van der Waals surface area contributed by atoms with Gasteiger partial charge in [0, 0.05) is 35.3 Å². The van der Waals surface area contributed by atoms with Crippen LogP contribution in [0.15, 0.2) is 77.8 Å². The van der Waals surface area contributed by atoms with Crippen LogP contribution in [0.2, 0.25) is 0 Å². The molecule has 0 bridgehead atoms. The van der Waals surface area contributed by atoms with Gasteiger partial charge in [-0.05, 0) is 50.1 Å². The number of methoxy groups -OCH3 is 1. The molecule has 1 aromatic carbocycles. The zero-order valence-corrected chi connectivity index (χ0v) is 23.9. The molecule has 0 unspecified atom stereocenters. The van der Waals surface area contributed by atoms with Gasteiger partial charge in [-0.3, -0.25) is 14.6 Å². The molecular weight excluding hydrogens is 546 g/mol. The van der Waals surface area contributed by atoms with Crippen molar-refractivity contribution in [3.8, 4) is 17.0 Å². The van der Waals surface area contributed by atoms with Crippen molar-refractivity contribution in [3.63, 3.8) is 0 Å². The molecule has 5 heterocycles. The van der Waals surface area contributed by atoms with E-state index >= 15 is 0 Å². The van der Waals surface area contributed by atoms with E-state index in [1.165, 1.54) is 12.5 Å². The van der Waals surface area contributed by atoms with Crippen LogP contribution in [0.4, 0.5) is 0 Å². The second-order valence-corrected chi connectivity index (χ2v) is 10.4. The van der Waals surface area contributed by atoms with Gasteiger partial charge in [-0.15, -0.1) is 0 Å². The number of ketones is 1. The van der Waals surface area contributed by atoms with E-state index < -0.39 is 6.04 Å². The molecule has 0 aliphatic heterocycles. The second kappa shape index (κ2) is 12.3. The summed E-state index contributed by atoms with van der Waals surface area (Å²) in [4.78, 5) is 42.2. The number of amides is 1. The third-order valence-electron chi connectivity index (χ3n) is 7.34. The van der Waals surface area contributed by atoms with Crippen LogP contribution in [0.5, 0.6) is 5.75 Å². The number of aryl methyl sites for hydroxylation is 1. The van der Waals surface area contributed by atoms with Crippen LogP contribution in [0.1, 0.15) is 70.8 Å². The van der Waals surface area contributed by atoms with Crippen molar-refractivity contribution >= 4 is 28.1 Å². The molecule has 0 aliphatic carbocycles. The van der Waals surface area contributed by atoms with Gasteiger partial charge in [-0.25, -0.2) is 14.5 Å². The fraction of sp³-hybridized carbons (Fsp3) is 0.250. The highest BCUT2D eigenvalue weighted by atomic mass is 16.5. The Morgan fingerprint density at radius 3 is 2.81 bits per heavy atom. The molecule has 0 aliphatic rings. The maximum absolute atomic E-state index is 13.3. The number of carbonyl (C=O) groups is 2. The zero-order valence-electron chi connectivity index (χ0n) is 23.9. The Morgan fingerprint density at radius 1 is 1.09 bits per heavy atom. The van der Waals surface area contributed by atoms with Crippen LogP contribution in [-0.2, 0) is 0 Å². The number of nitrogens with zero attached hydrogens (tertiary/aromatic N) is 5. The third-order valence-corrected chi connectivity index (χ3v) is 7.34. The molecule has 11 heteroatoms. The molecule has 43 heavy (non-hydrogen) atoms. The molecule has 0 saturated carbocycles.